The molecular formula is C15H15F3N2O5. The van der Waals surface area contributed by atoms with Crippen molar-refractivity contribution in [3.63, 3.8) is 0 Å². The van der Waals surface area contributed by atoms with Gasteiger partial charge in [0.15, 0.2) is 0 Å². The molecule has 7 nitrogen and oxygen atoms in total. The molecule has 25 heavy (non-hydrogen) atoms. The highest BCUT2D eigenvalue weighted by molar-refractivity contribution is 5.79. The highest BCUT2D eigenvalue weighted by Crippen LogP contribution is 2.38. The van der Waals surface area contributed by atoms with Gasteiger partial charge in [-0.25, -0.2) is 0 Å². The van der Waals surface area contributed by atoms with Crippen molar-refractivity contribution in [3.8, 4) is 0 Å². The summed E-state index contributed by atoms with van der Waals surface area (Å²) in [6, 6.07) is 5.60. The molecule has 0 unspecified atom stereocenters. The van der Waals surface area contributed by atoms with E-state index in [2.05, 4.69) is 0 Å². The number of carbonyl (C=O) groups is 2. The molecule has 2 rings (SSSR count). The molecule has 0 aliphatic carbocycles. The van der Waals surface area contributed by atoms with Gasteiger partial charge in [-0.3, -0.25) is 19.7 Å². The molecule has 1 aromatic carbocycles. The van der Waals surface area contributed by atoms with Crippen molar-refractivity contribution < 1.29 is 32.8 Å². The molecule has 1 aliphatic heterocycles. The molecule has 1 aliphatic rings. The zero-order chi connectivity index (χ0) is 18.8. The lowest BCUT2D eigenvalue weighted by Crippen LogP contribution is -2.34. The van der Waals surface area contributed by atoms with E-state index in [9.17, 15) is 32.9 Å². The second-order valence-corrected chi connectivity index (χ2v) is 5.82. The Morgan fingerprint density at radius 1 is 1.32 bits per heavy atom. The third kappa shape index (κ3) is 4.46. The number of nitrogens with zero attached hydrogens (tertiary/aromatic N) is 2. The molecule has 10 heteroatoms. The van der Waals surface area contributed by atoms with Crippen LogP contribution in [-0.4, -0.2) is 46.1 Å². The number of halogens is 3. The SMILES string of the molecule is O=C(O)[C@@H]1CN(C(=O)CCc2cccc([N+](=O)[O-])c2)C[C@H]1C(F)(F)F. The van der Waals surface area contributed by atoms with Crippen molar-refractivity contribution in [2.75, 3.05) is 13.1 Å². The molecule has 1 fully saturated rings. The zero-order valence-corrected chi connectivity index (χ0v) is 12.9. The summed E-state index contributed by atoms with van der Waals surface area (Å²) in [5.74, 6) is -5.96. The summed E-state index contributed by atoms with van der Waals surface area (Å²) in [5, 5.41) is 19.6. The van der Waals surface area contributed by atoms with Crippen molar-refractivity contribution >= 4 is 17.6 Å². The Bertz CT molecular complexity index is 692. The number of hydrogen-bond donors (Lipinski definition) is 1. The lowest BCUT2D eigenvalue weighted by molar-refractivity contribution is -0.384. The number of non-ortho nitro benzene ring substituents is 1. The summed E-state index contributed by atoms with van der Waals surface area (Å²) in [4.78, 5) is 34.1. The van der Waals surface area contributed by atoms with Gasteiger partial charge in [-0.15, -0.1) is 0 Å². The molecular weight excluding hydrogens is 345 g/mol. The Labute approximate surface area is 140 Å². The first-order valence-electron chi connectivity index (χ1n) is 7.40. The second kappa shape index (κ2) is 7.08. The number of carbonyl (C=O) groups excluding carboxylic acids is 1. The number of nitro benzene ring substituents is 1. The minimum atomic E-state index is -4.70. The standard InChI is InChI=1S/C15H15F3N2O5/c16-15(17,18)12-8-19(7-11(12)14(22)23)13(21)5-4-9-2-1-3-10(6-9)20(24)25/h1-3,6,11-12H,4-5,7-8H2,(H,22,23)/t11-,12-/m1/s1. The predicted molar refractivity (Wildman–Crippen MR) is 78.7 cm³/mol. The first-order valence-corrected chi connectivity index (χ1v) is 7.40. The van der Waals surface area contributed by atoms with E-state index < -0.39 is 47.9 Å². The molecule has 0 radical (unpaired) electrons. The molecule has 1 heterocycles. The van der Waals surface area contributed by atoms with Gasteiger partial charge in [0.25, 0.3) is 5.69 Å². The van der Waals surface area contributed by atoms with E-state index in [1.807, 2.05) is 0 Å². The normalized spacial score (nSPS) is 20.5. The third-order valence-corrected chi connectivity index (χ3v) is 4.16. The smallest absolute Gasteiger partial charge is 0.394 e. The van der Waals surface area contributed by atoms with Crippen LogP contribution in [0.1, 0.15) is 12.0 Å². The van der Waals surface area contributed by atoms with Gasteiger partial charge in [0.1, 0.15) is 0 Å². The Hall–Kier alpha value is -2.65. The summed E-state index contributed by atoms with van der Waals surface area (Å²) < 4.78 is 38.7. The van der Waals surface area contributed by atoms with Gasteiger partial charge in [0.2, 0.25) is 5.91 Å². The van der Waals surface area contributed by atoms with E-state index in [1.54, 1.807) is 6.07 Å². The fraction of sp³-hybridized carbons (Fsp3) is 0.467. The molecule has 1 saturated heterocycles. The quantitative estimate of drug-likeness (QED) is 0.641. The lowest BCUT2D eigenvalue weighted by Gasteiger charge is -2.18. The summed E-state index contributed by atoms with van der Waals surface area (Å²) in [6.45, 7) is -1.18. The number of hydrogen-bond acceptors (Lipinski definition) is 4. The second-order valence-electron chi connectivity index (χ2n) is 5.82. The highest BCUT2D eigenvalue weighted by Gasteiger charge is 2.53. The van der Waals surface area contributed by atoms with Crippen molar-refractivity contribution in [1.29, 1.82) is 0 Å². The van der Waals surface area contributed by atoms with Gasteiger partial charge >= 0.3 is 12.1 Å². The maximum atomic E-state index is 12.9. The number of carboxylic acids is 1. The van der Waals surface area contributed by atoms with E-state index in [0.717, 1.165) is 4.90 Å². The molecule has 136 valence electrons. The monoisotopic (exact) mass is 360 g/mol. The van der Waals surface area contributed by atoms with E-state index in [4.69, 9.17) is 5.11 Å². The predicted octanol–water partition coefficient (Wildman–Crippen LogP) is 2.25. The van der Waals surface area contributed by atoms with Crippen molar-refractivity contribution in [2.24, 2.45) is 11.8 Å². The fourth-order valence-corrected chi connectivity index (χ4v) is 2.82. The van der Waals surface area contributed by atoms with E-state index in [1.165, 1.54) is 18.2 Å². The van der Waals surface area contributed by atoms with Crippen LogP contribution in [0.3, 0.4) is 0 Å². The number of aryl methyl sites for hydroxylation is 1. The van der Waals surface area contributed by atoms with Gasteiger partial charge in [-0.1, -0.05) is 12.1 Å². The van der Waals surface area contributed by atoms with Gasteiger partial charge in [0.05, 0.1) is 16.8 Å². The highest BCUT2D eigenvalue weighted by atomic mass is 19.4. The van der Waals surface area contributed by atoms with Crippen molar-refractivity contribution in [1.82, 2.24) is 4.90 Å². The van der Waals surface area contributed by atoms with Crippen molar-refractivity contribution in [2.45, 2.75) is 19.0 Å². The molecule has 1 N–H and O–H groups in total. The number of likely N-dealkylation sites (tertiary alicyclic amines) is 1. The number of alkyl halides is 3. The number of benzene rings is 1. The van der Waals surface area contributed by atoms with Crippen LogP contribution < -0.4 is 0 Å². The fourth-order valence-electron chi connectivity index (χ4n) is 2.82. The summed E-state index contributed by atoms with van der Waals surface area (Å²) in [6.07, 6.45) is -4.73. The maximum Gasteiger partial charge on any atom is 0.394 e. The Balaban J connectivity index is 2.01. The topological polar surface area (TPSA) is 101 Å². The summed E-state index contributed by atoms with van der Waals surface area (Å²) in [7, 11) is 0. The molecule has 0 aromatic heterocycles. The maximum absolute atomic E-state index is 12.9. The number of aliphatic carboxylic acids is 1. The van der Waals surface area contributed by atoms with Crippen LogP contribution in [-0.2, 0) is 16.0 Å². The zero-order valence-electron chi connectivity index (χ0n) is 12.9. The molecule has 1 aromatic rings. The average molecular weight is 360 g/mol. The van der Waals surface area contributed by atoms with Crippen LogP contribution >= 0.6 is 0 Å². The third-order valence-electron chi connectivity index (χ3n) is 4.16. The van der Waals surface area contributed by atoms with E-state index >= 15 is 0 Å². The summed E-state index contributed by atoms with van der Waals surface area (Å²) in [5.41, 5.74) is 0.359. The number of carboxylic acid groups (broad SMARTS) is 1. The van der Waals surface area contributed by atoms with Crippen LogP contribution in [0.5, 0.6) is 0 Å². The first kappa shape index (κ1) is 18.7. The van der Waals surface area contributed by atoms with Gasteiger partial charge in [-0.2, -0.15) is 13.2 Å². The number of rotatable bonds is 5. The summed E-state index contributed by atoms with van der Waals surface area (Å²) >= 11 is 0. The lowest BCUT2D eigenvalue weighted by atomic mass is 9.96. The Morgan fingerprint density at radius 2 is 2.00 bits per heavy atom. The van der Waals surface area contributed by atoms with Gasteiger partial charge in [-0.05, 0) is 12.0 Å². The van der Waals surface area contributed by atoms with Crippen LogP contribution in [0.4, 0.5) is 18.9 Å². The minimum absolute atomic E-state index is 0.117. The number of nitro groups is 1. The van der Waals surface area contributed by atoms with Gasteiger partial charge < -0.3 is 10.0 Å². The largest absolute Gasteiger partial charge is 0.481 e. The molecule has 0 saturated carbocycles. The molecule has 0 spiro atoms. The first-order chi connectivity index (χ1) is 11.6. The molecule has 0 bridgehead atoms. The van der Waals surface area contributed by atoms with Crippen LogP contribution in [0.15, 0.2) is 24.3 Å². The average Bonchev–Trinajstić information content (AvgIpc) is 2.99. The number of amides is 1. The molecule has 2 atom stereocenters. The van der Waals surface area contributed by atoms with Crippen LogP contribution in [0, 0.1) is 22.0 Å². The van der Waals surface area contributed by atoms with E-state index in [0.29, 0.717) is 5.56 Å². The minimum Gasteiger partial charge on any atom is -0.481 e. The van der Waals surface area contributed by atoms with Crippen molar-refractivity contribution in [3.05, 3.63) is 39.9 Å². The Kier molecular flexibility index (Phi) is 5.29. The van der Waals surface area contributed by atoms with E-state index in [-0.39, 0.29) is 18.5 Å². The Morgan fingerprint density at radius 3 is 2.52 bits per heavy atom. The van der Waals surface area contributed by atoms with Gasteiger partial charge in [0, 0.05) is 31.6 Å². The van der Waals surface area contributed by atoms with Crippen LogP contribution in [0.25, 0.3) is 0 Å². The molecule has 1 amide bonds. The van der Waals surface area contributed by atoms with Crippen LogP contribution in [0.2, 0.25) is 0 Å².